The molecule has 0 unspecified atom stereocenters. The molecule has 2 aromatic carbocycles. The van der Waals surface area contributed by atoms with Crippen molar-refractivity contribution in [3.05, 3.63) is 64.5 Å². The predicted molar refractivity (Wildman–Crippen MR) is 88.2 cm³/mol. The molecule has 23 heavy (non-hydrogen) atoms. The van der Waals surface area contributed by atoms with E-state index in [0.717, 1.165) is 4.47 Å². The Bertz CT molecular complexity index is 834. The summed E-state index contributed by atoms with van der Waals surface area (Å²) in [6.07, 6.45) is 0. The number of hydrogen-bond acceptors (Lipinski definition) is 4. The van der Waals surface area contributed by atoms with Gasteiger partial charge in [-0.2, -0.15) is 5.21 Å². The molecule has 0 fully saturated rings. The number of hydrogen-bond donors (Lipinski definition) is 3. The molecule has 0 aliphatic heterocycles. The third-order valence-corrected chi connectivity index (χ3v) is 3.48. The van der Waals surface area contributed by atoms with Crippen molar-refractivity contribution >= 4 is 39.0 Å². The lowest BCUT2D eigenvalue weighted by atomic mass is 10.3. The second kappa shape index (κ2) is 6.57. The summed E-state index contributed by atoms with van der Waals surface area (Å²) in [5.74, 6) is -0.607. The van der Waals surface area contributed by atoms with E-state index in [1.807, 2.05) is 12.1 Å². The number of nitrogens with one attached hydrogen (secondary N) is 3. The van der Waals surface area contributed by atoms with Crippen LogP contribution in [0.4, 0.5) is 21.6 Å². The summed E-state index contributed by atoms with van der Waals surface area (Å²) in [5.41, 5.74) is 1.17. The lowest BCUT2D eigenvalue weighted by Gasteiger charge is -2.06. The van der Waals surface area contributed by atoms with E-state index in [1.54, 1.807) is 24.3 Å². The number of aromatic amines is 1. The third kappa shape index (κ3) is 3.72. The van der Waals surface area contributed by atoms with Crippen LogP contribution in [0.2, 0.25) is 0 Å². The smallest absolute Gasteiger partial charge is 0.280 e. The van der Waals surface area contributed by atoms with E-state index in [-0.39, 0.29) is 17.3 Å². The number of anilines is 3. The highest BCUT2D eigenvalue weighted by atomic mass is 79.9. The van der Waals surface area contributed by atoms with E-state index >= 15 is 0 Å². The Labute approximate surface area is 139 Å². The highest BCUT2D eigenvalue weighted by Crippen LogP contribution is 2.19. The maximum absolute atomic E-state index is 13.2. The van der Waals surface area contributed by atoms with Crippen molar-refractivity contribution in [2.45, 2.75) is 0 Å². The summed E-state index contributed by atoms with van der Waals surface area (Å²) in [7, 11) is 0. The molecule has 0 atom stereocenters. The van der Waals surface area contributed by atoms with E-state index in [9.17, 15) is 9.18 Å². The Morgan fingerprint density at radius 1 is 1.09 bits per heavy atom. The molecule has 3 N–H and O–H groups in total. The molecule has 0 bridgehead atoms. The van der Waals surface area contributed by atoms with Gasteiger partial charge in [0.1, 0.15) is 5.82 Å². The van der Waals surface area contributed by atoms with Gasteiger partial charge in [0, 0.05) is 15.8 Å². The average Bonchev–Trinajstić information content (AvgIpc) is 2.98. The van der Waals surface area contributed by atoms with Gasteiger partial charge in [-0.15, -0.1) is 10.2 Å². The van der Waals surface area contributed by atoms with Crippen LogP contribution in [0, 0.1) is 5.82 Å². The van der Waals surface area contributed by atoms with E-state index in [0.29, 0.717) is 11.4 Å². The average molecular weight is 376 g/mol. The van der Waals surface area contributed by atoms with Crippen molar-refractivity contribution in [3.63, 3.8) is 0 Å². The highest BCUT2D eigenvalue weighted by molar-refractivity contribution is 9.10. The van der Waals surface area contributed by atoms with Crippen LogP contribution < -0.4 is 10.6 Å². The zero-order chi connectivity index (χ0) is 16.2. The normalized spacial score (nSPS) is 10.3. The lowest BCUT2D eigenvalue weighted by Crippen LogP contribution is -2.14. The predicted octanol–water partition coefficient (Wildman–Crippen LogP) is 3.70. The van der Waals surface area contributed by atoms with Crippen molar-refractivity contribution in [3.8, 4) is 0 Å². The molecule has 6 nitrogen and oxygen atoms in total. The van der Waals surface area contributed by atoms with Gasteiger partial charge >= 0.3 is 0 Å². The Hall–Kier alpha value is -2.74. The summed E-state index contributed by atoms with van der Waals surface area (Å²) < 4.78 is 14.1. The third-order valence-electron chi connectivity index (χ3n) is 2.95. The quantitative estimate of drug-likeness (QED) is 0.649. The van der Waals surface area contributed by atoms with Gasteiger partial charge in [-0.05, 0) is 42.5 Å². The van der Waals surface area contributed by atoms with Crippen LogP contribution >= 0.6 is 15.9 Å². The van der Waals surface area contributed by atoms with Crippen LogP contribution in [0.15, 0.2) is 53.0 Å². The number of carbonyl (C=O) groups is 1. The summed E-state index contributed by atoms with van der Waals surface area (Å²) in [6, 6.07) is 13.0. The maximum atomic E-state index is 13.2. The minimum absolute atomic E-state index is 0.0807. The van der Waals surface area contributed by atoms with Crippen molar-refractivity contribution < 1.29 is 9.18 Å². The van der Waals surface area contributed by atoms with Gasteiger partial charge in [-0.1, -0.05) is 22.0 Å². The summed E-state index contributed by atoms with van der Waals surface area (Å²) in [6.45, 7) is 0. The second-order valence-electron chi connectivity index (χ2n) is 4.62. The molecular formula is C15H11BrFN5O. The number of aromatic nitrogens is 3. The number of amides is 1. The second-order valence-corrected chi connectivity index (χ2v) is 5.53. The molecule has 0 saturated heterocycles. The van der Waals surface area contributed by atoms with E-state index in [4.69, 9.17) is 0 Å². The van der Waals surface area contributed by atoms with Crippen molar-refractivity contribution in [2.24, 2.45) is 0 Å². The van der Waals surface area contributed by atoms with E-state index in [2.05, 4.69) is 42.0 Å². The van der Waals surface area contributed by atoms with E-state index < -0.39 is 5.91 Å². The molecule has 0 aliphatic rings. The fourth-order valence-electron chi connectivity index (χ4n) is 1.90. The first kappa shape index (κ1) is 15.2. The fourth-order valence-corrected chi connectivity index (χ4v) is 2.17. The van der Waals surface area contributed by atoms with Crippen LogP contribution in [0.1, 0.15) is 10.5 Å². The maximum Gasteiger partial charge on any atom is 0.280 e. The van der Waals surface area contributed by atoms with Crippen molar-refractivity contribution in [2.75, 3.05) is 10.6 Å². The summed E-state index contributed by atoms with van der Waals surface area (Å²) in [5, 5.41) is 15.7. The van der Waals surface area contributed by atoms with Crippen molar-refractivity contribution in [1.82, 2.24) is 15.4 Å². The first-order chi connectivity index (χ1) is 11.1. The first-order valence-electron chi connectivity index (χ1n) is 6.62. The van der Waals surface area contributed by atoms with Gasteiger partial charge in [-0.3, -0.25) is 4.79 Å². The number of rotatable bonds is 4. The lowest BCUT2D eigenvalue weighted by molar-refractivity contribution is 0.102. The molecule has 116 valence electrons. The van der Waals surface area contributed by atoms with Gasteiger partial charge in [0.15, 0.2) is 11.5 Å². The summed E-state index contributed by atoms with van der Waals surface area (Å²) in [4.78, 5) is 12.3. The molecule has 3 rings (SSSR count). The van der Waals surface area contributed by atoms with Gasteiger partial charge in [0.2, 0.25) is 0 Å². The molecule has 0 saturated carbocycles. The largest absolute Gasteiger partial charge is 0.337 e. The zero-order valence-electron chi connectivity index (χ0n) is 11.7. The van der Waals surface area contributed by atoms with Gasteiger partial charge < -0.3 is 10.6 Å². The van der Waals surface area contributed by atoms with Crippen LogP contribution in [-0.4, -0.2) is 21.3 Å². The van der Waals surface area contributed by atoms with Gasteiger partial charge in [-0.25, -0.2) is 4.39 Å². The number of nitrogens with zero attached hydrogens (tertiary/aromatic N) is 2. The molecule has 0 aliphatic carbocycles. The number of benzene rings is 2. The molecule has 1 aromatic heterocycles. The van der Waals surface area contributed by atoms with Crippen LogP contribution in [-0.2, 0) is 0 Å². The zero-order valence-corrected chi connectivity index (χ0v) is 13.3. The number of H-pyrrole nitrogens is 1. The molecular weight excluding hydrogens is 365 g/mol. The van der Waals surface area contributed by atoms with Crippen LogP contribution in [0.25, 0.3) is 0 Å². The summed E-state index contributed by atoms with van der Waals surface area (Å²) >= 11 is 3.32. The Balaban J connectivity index is 1.77. The molecule has 3 aromatic rings. The molecule has 0 spiro atoms. The van der Waals surface area contributed by atoms with Crippen molar-refractivity contribution in [1.29, 1.82) is 0 Å². The highest BCUT2D eigenvalue weighted by Gasteiger charge is 2.17. The minimum atomic E-state index is -0.431. The molecule has 8 heteroatoms. The SMILES string of the molecule is O=C(Nc1ccc(Br)cc1)c1n[nH]nc1Nc1cccc(F)c1. The van der Waals surface area contributed by atoms with Crippen LogP contribution in [0.5, 0.6) is 0 Å². The van der Waals surface area contributed by atoms with E-state index in [1.165, 1.54) is 12.1 Å². The standard InChI is InChI=1S/C15H11BrFN5O/c16-9-4-6-11(7-5-9)19-15(23)13-14(21-22-20-13)18-12-3-1-2-10(17)8-12/h1-8H,(H,19,23)(H2,18,20,21,22). The Morgan fingerprint density at radius 3 is 2.61 bits per heavy atom. The fraction of sp³-hybridized carbons (Fsp3) is 0. The minimum Gasteiger partial charge on any atom is -0.337 e. The Kier molecular flexibility index (Phi) is 4.33. The monoisotopic (exact) mass is 375 g/mol. The van der Waals surface area contributed by atoms with Gasteiger partial charge in [0.25, 0.3) is 5.91 Å². The molecule has 1 heterocycles. The van der Waals surface area contributed by atoms with Crippen LogP contribution in [0.3, 0.4) is 0 Å². The number of halogens is 2. The molecule has 1 amide bonds. The first-order valence-corrected chi connectivity index (χ1v) is 7.41. The topological polar surface area (TPSA) is 82.7 Å². The van der Waals surface area contributed by atoms with Gasteiger partial charge in [0.05, 0.1) is 0 Å². The number of carbonyl (C=O) groups excluding carboxylic acids is 1. The molecule has 0 radical (unpaired) electrons. The Morgan fingerprint density at radius 2 is 1.87 bits per heavy atom.